The number of rotatable bonds is 2. The van der Waals surface area contributed by atoms with Gasteiger partial charge in [0.2, 0.25) is 11.9 Å². The molecule has 0 radical (unpaired) electrons. The van der Waals surface area contributed by atoms with Crippen molar-refractivity contribution < 1.29 is 42.1 Å². The number of ether oxygens (including phenoxy) is 1. The Kier molecular flexibility index (Phi) is 7.30. The van der Waals surface area contributed by atoms with Crippen LogP contribution in [0.3, 0.4) is 0 Å². The zero-order valence-electron chi connectivity index (χ0n) is 15.2. The van der Waals surface area contributed by atoms with Crippen molar-refractivity contribution in [1.82, 2.24) is 14.9 Å². The van der Waals surface area contributed by atoms with Crippen molar-refractivity contribution in [2.75, 3.05) is 44.3 Å². The van der Waals surface area contributed by atoms with Crippen LogP contribution in [-0.4, -0.2) is 88.1 Å². The van der Waals surface area contributed by atoms with Gasteiger partial charge >= 0.3 is 12.1 Å². The first-order valence-corrected chi connectivity index (χ1v) is 8.61. The maximum absolute atomic E-state index is 12.9. The Balaban J connectivity index is 0.000000370. The maximum Gasteiger partial charge on any atom is 0.490 e. The second kappa shape index (κ2) is 9.31. The molecule has 3 rings (SSSR count). The summed E-state index contributed by atoms with van der Waals surface area (Å²) in [6, 6.07) is 0. The number of aromatic nitrogens is 2. The summed E-state index contributed by atoms with van der Waals surface area (Å²) in [5, 5.41) is 16.2. The Morgan fingerprint density at radius 2 is 1.83 bits per heavy atom. The third-order valence-electron chi connectivity index (χ3n) is 4.41. The molecule has 9 nitrogen and oxygen atoms in total. The van der Waals surface area contributed by atoms with Crippen LogP contribution in [0.25, 0.3) is 0 Å². The van der Waals surface area contributed by atoms with E-state index in [1.54, 1.807) is 4.90 Å². The average molecular weight is 424 g/mol. The molecule has 2 N–H and O–H groups in total. The van der Waals surface area contributed by atoms with Gasteiger partial charge < -0.3 is 24.7 Å². The minimum Gasteiger partial charge on any atom is -0.475 e. The molecule has 29 heavy (non-hydrogen) atoms. The van der Waals surface area contributed by atoms with Crippen molar-refractivity contribution in [1.29, 1.82) is 0 Å². The van der Waals surface area contributed by atoms with Crippen molar-refractivity contribution in [3.63, 3.8) is 0 Å². The van der Waals surface area contributed by atoms with Gasteiger partial charge in [0, 0.05) is 13.1 Å². The lowest BCUT2D eigenvalue weighted by atomic mass is 9.91. The van der Waals surface area contributed by atoms with Crippen molar-refractivity contribution in [3.05, 3.63) is 18.2 Å². The lowest BCUT2D eigenvalue weighted by Gasteiger charge is -2.47. The first kappa shape index (κ1) is 22.7. The molecule has 1 aromatic rings. The van der Waals surface area contributed by atoms with Gasteiger partial charge in [-0.15, -0.1) is 0 Å². The number of anilines is 1. The van der Waals surface area contributed by atoms with Gasteiger partial charge in [0.25, 0.3) is 0 Å². The van der Waals surface area contributed by atoms with Gasteiger partial charge in [0.05, 0.1) is 32.1 Å². The summed E-state index contributed by atoms with van der Waals surface area (Å²) in [6.07, 6.45) is -1.08. The molecule has 1 atom stereocenters. The number of carboxylic acid groups (broad SMARTS) is 1. The third-order valence-corrected chi connectivity index (χ3v) is 4.41. The molecule has 2 aliphatic heterocycles. The number of hydrogen-bond acceptors (Lipinski definition) is 7. The molecule has 162 valence electrons. The van der Waals surface area contributed by atoms with Gasteiger partial charge in [-0.05, 0) is 12.8 Å². The van der Waals surface area contributed by atoms with E-state index in [4.69, 9.17) is 19.7 Å². The predicted molar refractivity (Wildman–Crippen MR) is 89.5 cm³/mol. The van der Waals surface area contributed by atoms with Gasteiger partial charge in [-0.3, -0.25) is 4.79 Å². The number of piperidine rings is 1. The first-order chi connectivity index (χ1) is 13.6. The minimum absolute atomic E-state index is 0.280. The summed E-state index contributed by atoms with van der Waals surface area (Å²) >= 11 is 0. The molecule has 3 heterocycles. The molecular formula is C16H20F4N4O5. The van der Waals surface area contributed by atoms with Gasteiger partial charge in [-0.1, -0.05) is 0 Å². The molecule has 0 bridgehead atoms. The van der Waals surface area contributed by atoms with Crippen LogP contribution in [0.1, 0.15) is 12.8 Å². The van der Waals surface area contributed by atoms with E-state index in [1.807, 2.05) is 4.90 Å². The SMILES string of the molecule is O=C(CO)N1CCOC2(CCCN(c3ncc(F)cn3)C2)C1.O=C(O)C(F)(F)F. The molecule has 1 amide bonds. The summed E-state index contributed by atoms with van der Waals surface area (Å²) in [7, 11) is 0. The van der Waals surface area contributed by atoms with Crippen LogP contribution in [0.5, 0.6) is 0 Å². The van der Waals surface area contributed by atoms with E-state index in [-0.39, 0.29) is 5.91 Å². The monoisotopic (exact) mass is 424 g/mol. The number of aliphatic carboxylic acids is 1. The van der Waals surface area contributed by atoms with E-state index in [9.17, 15) is 22.4 Å². The molecule has 2 saturated heterocycles. The molecular weight excluding hydrogens is 404 g/mol. The highest BCUT2D eigenvalue weighted by atomic mass is 19.4. The van der Waals surface area contributed by atoms with Crippen LogP contribution < -0.4 is 4.90 Å². The van der Waals surface area contributed by atoms with Gasteiger partial charge in [-0.25, -0.2) is 19.2 Å². The fraction of sp³-hybridized carbons (Fsp3) is 0.625. The summed E-state index contributed by atoms with van der Waals surface area (Å²) in [6.45, 7) is 2.22. The number of halogens is 4. The van der Waals surface area contributed by atoms with Crippen molar-refractivity contribution in [3.8, 4) is 0 Å². The Morgan fingerprint density at radius 1 is 1.21 bits per heavy atom. The number of alkyl halides is 3. The van der Waals surface area contributed by atoms with Crippen molar-refractivity contribution in [2.24, 2.45) is 0 Å². The largest absolute Gasteiger partial charge is 0.490 e. The number of aliphatic hydroxyl groups excluding tert-OH is 1. The molecule has 13 heteroatoms. The highest BCUT2D eigenvalue weighted by Gasteiger charge is 2.42. The number of carbonyl (C=O) groups is 2. The molecule has 1 spiro atoms. The van der Waals surface area contributed by atoms with E-state index in [0.29, 0.717) is 32.2 Å². The Morgan fingerprint density at radius 3 is 2.38 bits per heavy atom. The number of nitrogens with zero attached hydrogens (tertiary/aromatic N) is 4. The van der Waals surface area contributed by atoms with Crippen LogP contribution in [0.15, 0.2) is 12.4 Å². The van der Waals surface area contributed by atoms with Crippen LogP contribution in [0.2, 0.25) is 0 Å². The zero-order valence-corrected chi connectivity index (χ0v) is 15.2. The highest BCUT2D eigenvalue weighted by molar-refractivity contribution is 5.77. The fourth-order valence-electron chi connectivity index (χ4n) is 3.14. The number of morpholine rings is 1. The number of hydrogen-bond donors (Lipinski definition) is 2. The van der Waals surface area contributed by atoms with Crippen molar-refractivity contribution >= 4 is 17.8 Å². The summed E-state index contributed by atoms with van der Waals surface area (Å²) in [5.74, 6) is -3.04. The molecule has 1 aromatic heterocycles. The molecule has 2 aliphatic rings. The molecule has 0 aliphatic carbocycles. The van der Waals surface area contributed by atoms with E-state index in [0.717, 1.165) is 31.8 Å². The number of carboxylic acids is 1. The van der Waals surface area contributed by atoms with Gasteiger partial charge in [0.1, 0.15) is 12.2 Å². The van der Waals surface area contributed by atoms with Crippen LogP contribution in [0, 0.1) is 5.82 Å². The van der Waals surface area contributed by atoms with Crippen LogP contribution in [-0.2, 0) is 14.3 Å². The average Bonchev–Trinajstić information content (AvgIpc) is 2.67. The second-order valence-corrected chi connectivity index (χ2v) is 6.53. The molecule has 0 aromatic carbocycles. The summed E-state index contributed by atoms with van der Waals surface area (Å²) in [5.41, 5.74) is -0.473. The van der Waals surface area contributed by atoms with E-state index < -0.39 is 30.2 Å². The Labute approximate surface area is 162 Å². The minimum atomic E-state index is -5.08. The standard InChI is InChI=1S/C14H19FN4O3.C2HF3O2/c15-11-6-16-13(17-7-11)19-3-1-2-14(10-19)9-18(4-5-22-14)12(21)8-20;3-2(4,5)1(6)7/h6-7,20H,1-5,8-10H2;(H,6,7). The smallest absolute Gasteiger partial charge is 0.475 e. The third kappa shape index (κ3) is 6.22. The fourth-order valence-corrected chi connectivity index (χ4v) is 3.14. The topological polar surface area (TPSA) is 116 Å². The predicted octanol–water partition coefficient (Wildman–Crippen LogP) is 0.439. The lowest BCUT2D eigenvalue weighted by molar-refractivity contribution is -0.192. The molecule has 2 fully saturated rings. The number of aliphatic hydroxyl groups is 1. The highest BCUT2D eigenvalue weighted by Crippen LogP contribution is 2.30. The Bertz CT molecular complexity index is 714. The Hall–Kier alpha value is -2.54. The molecule has 1 unspecified atom stereocenters. The normalized spacial score (nSPS) is 22.1. The number of amides is 1. The quantitative estimate of drug-likeness (QED) is 0.657. The van der Waals surface area contributed by atoms with E-state index in [2.05, 4.69) is 9.97 Å². The maximum atomic E-state index is 12.9. The van der Waals surface area contributed by atoms with E-state index >= 15 is 0 Å². The van der Waals surface area contributed by atoms with Gasteiger partial charge in [0.15, 0.2) is 5.82 Å². The van der Waals surface area contributed by atoms with Crippen LogP contribution >= 0.6 is 0 Å². The first-order valence-electron chi connectivity index (χ1n) is 8.61. The number of carbonyl (C=O) groups excluding carboxylic acids is 1. The summed E-state index contributed by atoms with van der Waals surface area (Å²) in [4.78, 5) is 32.2. The van der Waals surface area contributed by atoms with E-state index in [1.165, 1.54) is 0 Å². The van der Waals surface area contributed by atoms with Crippen molar-refractivity contribution in [2.45, 2.75) is 24.6 Å². The molecule has 0 saturated carbocycles. The zero-order chi connectivity index (χ0) is 21.7. The second-order valence-electron chi connectivity index (χ2n) is 6.53. The summed E-state index contributed by atoms with van der Waals surface area (Å²) < 4.78 is 50.6. The van der Waals surface area contributed by atoms with Crippen LogP contribution in [0.4, 0.5) is 23.5 Å². The van der Waals surface area contributed by atoms with Gasteiger partial charge in [-0.2, -0.15) is 13.2 Å². The lowest BCUT2D eigenvalue weighted by Crippen LogP contribution is -2.61.